The van der Waals surface area contributed by atoms with Crippen LogP contribution in [-0.2, 0) is 13.1 Å². The number of thiophene rings is 1. The number of hydrogen-bond acceptors (Lipinski definition) is 5. The number of aryl methyl sites for hydroxylation is 3. The Labute approximate surface area is 189 Å². The van der Waals surface area contributed by atoms with Gasteiger partial charge in [-0.2, -0.15) is 0 Å². The molecular weight excluding hydrogens is 420 g/mol. The highest BCUT2D eigenvalue weighted by molar-refractivity contribution is 7.22. The van der Waals surface area contributed by atoms with Crippen molar-refractivity contribution in [2.75, 3.05) is 0 Å². The Bertz CT molecular complexity index is 1500. The molecule has 5 rings (SSSR count). The van der Waals surface area contributed by atoms with Crippen LogP contribution in [0.3, 0.4) is 0 Å². The molecule has 0 saturated heterocycles. The molecule has 0 amide bonds. The number of imidazole rings is 1. The third-order valence-corrected chi connectivity index (χ3v) is 7.25. The fraction of sp³-hybridized carbons (Fsp3) is 0.240. The Morgan fingerprint density at radius 1 is 0.969 bits per heavy atom. The van der Waals surface area contributed by atoms with Gasteiger partial charge in [0.15, 0.2) is 0 Å². The first kappa shape index (κ1) is 20.6. The van der Waals surface area contributed by atoms with Crippen LogP contribution in [0.5, 0.6) is 0 Å². The van der Waals surface area contributed by atoms with Crippen molar-refractivity contribution in [2.24, 2.45) is 0 Å². The second-order valence-corrected chi connectivity index (χ2v) is 9.28. The van der Waals surface area contributed by atoms with Gasteiger partial charge in [0.2, 0.25) is 0 Å². The van der Waals surface area contributed by atoms with E-state index < -0.39 is 6.10 Å². The van der Waals surface area contributed by atoms with E-state index in [1.807, 2.05) is 41.8 Å². The van der Waals surface area contributed by atoms with Crippen LogP contribution in [0.2, 0.25) is 0 Å². The summed E-state index contributed by atoms with van der Waals surface area (Å²) in [6.07, 6.45) is 2.53. The summed E-state index contributed by atoms with van der Waals surface area (Å²) in [6, 6.07) is 14.2. The van der Waals surface area contributed by atoms with E-state index in [-0.39, 0.29) is 12.1 Å². The van der Waals surface area contributed by atoms with E-state index >= 15 is 0 Å². The molecule has 6 nitrogen and oxygen atoms in total. The SMILES string of the molecule is Cc1cc2ncn(CC(O)Cn3cnc4sc(-c5ccccc5)c(C)c4c3=O)c2cc1C. The summed E-state index contributed by atoms with van der Waals surface area (Å²) < 4.78 is 3.45. The molecule has 3 aromatic heterocycles. The molecule has 1 unspecified atom stereocenters. The summed E-state index contributed by atoms with van der Waals surface area (Å²) in [5, 5.41) is 11.4. The Morgan fingerprint density at radius 3 is 2.44 bits per heavy atom. The van der Waals surface area contributed by atoms with Crippen LogP contribution in [0.15, 0.2) is 59.9 Å². The minimum absolute atomic E-state index is 0.119. The van der Waals surface area contributed by atoms with Crippen LogP contribution < -0.4 is 5.56 Å². The number of rotatable bonds is 5. The van der Waals surface area contributed by atoms with Gasteiger partial charge in [-0.3, -0.25) is 9.36 Å². The Hall–Kier alpha value is -3.29. The van der Waals surface area contributed by atoms with Crippen molar-refractivity contribution in [1.82, 2.24) is 19.1 Å². The molecule has 1 atom stereocenters. The lowest BCUT2D eigenvalue weighted by Crippen LogP contribution is -2.29. The summed E-state index contributed by atoms with van der Waals surface area (Å²) in [4.78, 5) is 24.0. The molecule has 1 N–H and O–H groups in total. The normalized spacial score (nSPS) is 12.6. The summed E-state index contributed by atoms with van der Waals surface area (Å²) in [5.74, 6) is 0. The van der Waals surface area contributed by atoms with Crippen molar-refractivity contribution in [3.63, 3.8) is 0 Å². The maximum absolute atomic E-state index is 13.2. The lowest BCUT2D eigenvalue weighted by molar-refractivity contribution is 0.134. The highest BCUT2D eigenvalue weighted by atomic mass is 32.1. The first-order valence-electron chi connectivity index (χ1n) is 10.6. The molecule has 0 spiro atoms. The van der Waals surface area contributed by atoms with Gasteiger partial charge in [0, 0.05) is 4.88 Å². The summed E-state index contributed by atoms with van der Waals surface area (Å²) in [5.41, 5.74) is 6.15. The number of fused-ring (bicyclic) bond motifs is 2. The molecule has 2 aromatic carbocycles. The van der Waals surface area contributed by atoms with Gasteiger partial charge < -0.3 is 9.67 Å². The van der Waals surface area contributed by atoms with Crippen LogP contribution in [0, 0.1) is 20.8 Å². The Morgan fingerprint density at radius 2 is 1.66 bits per heavy atom. The van der Waals surface area contributed by atoms with Crippen molar-refractivity contribution in [3.8, 4) is 10.4 Å². The van der Waals surface area contributed by atoms with Gasteiger partial charge in [-0.1, -0.05) is 30.3 Å². The van der Waals surface area contributed by atoms with E-state index in [1.165, 1.54) is 33.4 Å². The minimum Gasteiger partial charge on any atom is -0.389 e. The fourth-order valence-electron chi connectivity index (χ4n) is 4.12. The molecular formula is C25H24N4O2S. The number of aliphatic hydroxyl groups is 1. The fourth-order valence-corrected chi connectivity index (χ4v) is 5.27. The maximum atomic E-state index is 13.2. The molecule has 162 valence electrons. The predicted octanol–water partition coefficient (Wildman–Crippen LogP) is 4.46. The highest BCUT2D eigenvalue weighted by Crippen LogP contribution is 2.35. The van der Waals surface area contributed by atoms with Gasteiger partial charge in [0.1, 0.15) is 4.83 Å². The Balaban J connectivity index is 1.44. The Kier molecular flexibility index (Phi) is 5.15. The number of aromatic nitrogens is 4. The minimum atomic E-state index is -0.751. The molecule has 32 heavy (non-hydrogen) atoms. The molecule has 0 saturated carbocycles. The molecule has 0 radical (unpaired) electrons. The first-order valence-corrected chi connectivity index (χ1v) is 11.4. The molecule has 0 fully saturated rings. The topological polar surface area (TPSA) is 72.9 Å². The molecule has 7 heteroatoms. The first-order chi connectivity index (χ1) is 15.4. The number of benzene rings is 2. The van der Waals surface area contributed by atoms with Gasteiger partial charge in [-0.25, -0.2) is 9.97 Å². The molecule has 0 bridgehead atoms. The van der Waals surface area contributed by atoms with E-state index in [1.54, 1.807) is 6.33 Å². The average Bonchev–Trinajstić information content (AvgIpc) is 3.32. The second kappa shape index (κ2) is 8.00. The third-order valence-electron chi connectivity index (χ3n) is 6.00. The number of nitrogens with zero attached hydrogens (tertiary/aromatic N) is 4. The van der Waals surface area contributed by atoms with Crippen molar-refractivity contribution in [3.05, 3.63) is 82.2 Å². The van der Waals surface area contributed by atoms with Gasteiger partial charge in [-0.15, -0.1) is 11.3 Å². The number of aliphatic hydroxyl groups excluding tert-OH is 1. The van der Waals surface area contributed by atoms with Crippen molar-refractivity contribution in [1.29, 1.82) is 0 Å². The zero-order valence-corrected chi connectivity index (χ0v) is 19.1. The van der Waals surface area contributed by atoms with Gasteiger partial charge in [0.25, 0.3) is 5.56 Å². The largest absolute Gasteiger partial charge is 0.389 e. The third kappa shape index (κ3) is 3.53. The standard InChI is InChI=1S/C25H24N4O2S/c1-15-9-20-21(10-16(15)2)28(13-26-20)11-19(30)12-29-14-27-24-22(25(29)31)17(3)23(32-24)18-7-5-4-6-8-18/h4-10,13-14,19,30H,11-12H2,1-3H3. The number of hydrogen-bond donors (Lipinski definition) is 1. The predicted molar refractivity (Wildman–Crippen MR) is 129 cm³/mol. The smallest absolute Gasteiger partial charge is 0.262 e. The lowest BCUT2D eigenvalue weighted by Gasteiger charge is -2.14. The quantitative estimate of drug-likeness (QED) is 0.434. The zero-order valence-electron chi connectivity index (χ0n) is 18.2. The molecule has 3 heterocycles. The van der Waals surface area contributed by atoms with E-state index in [4.69, 9.17) is 0 Å². The van der Waals surface area contributed by atoms with Crippen LogP contribution in [0.1, 0.15) is 16.7 Å². The van der Waals surface area contributed by atoms with Crippen LogP contribution in [0.25, 0.3) is 31.7 Å². The molecule has 0 aliphatic carbocycles. The van der Waals surface area contributed by atoms with E-state index in [0.717, 1.165) is 31.9 Å². The maximum Gasteiger partial charge on any atom is 0.262 e. The summed E-state index contributed by atoms with van der Waals surface area (Å²) in [7, 11) is 0. The zero-order chi connectivity index (χ0) is 22.4. The van der Waals surface area contributed by atoms with E-state index in [2.05, 4.69) is 35.9 Å². The summed E-state index contributed by atoms with van der Waals surface area (Å²) in [6.45, 7) is 6.61. The van der Waals surface area contributed by atoms with Crippen LogP contribution in [0.4, 0.5) is 0 Å². The molecule has 0 aliphatic heterocycles. The highest BCUT2D eigenvalue weighted by Gasteiger charge is 2.17. The van der Waals surface area contributed by atoms with Gasteiger partial charge in [-0.05, 0) is 55.2 Å². The van der Waals surface area contributed by atoms with Crippen molar-refractivity contribution >= 4 is 32.6 Å². The van der Waals surface area contributed by atoms with Crippen molar-refractivity contribution < 1.29 is 5.11 Å². The van der Waals surface area contributed by atoms with Gasteiger partial charge in [0.05, 0.1) is 48.3 Å². The lowest BCUT2D eigenvalue weighted by atomic mass is 10.1. The second-order valence-electron chi connectivity index (χ2n) is 8.28. The molecule has 0 aliphatic rings. The average molecular weight is 445 g/mol. The monoisotopic (exact) mass is 444 g/mol. The van der Waals surface area contributed by atoms with Crippen LogP contribution in [-0.4, -0.2) is 30.3 Å². The summed E-state index contributed by atoms with van der Waals surface area (Å²) >= 11 is 1.53. The van der Waals surface area contributed by atoms with E-state index in [0.29, 0.717) is 11.9 Å². The molecule has 5 aromatic rings. The van der Waals surface area contributed by atoms with Crippen molar-refractivity contribution in [2.45, 2.75) is 40.0 Å². The van der Waals surface area contributed by atoms with Gasteiger partial charge >= 0.3 is 0 Å². The van der Waals surface area contributed by atoms with Crippen LogP contribution >= 0.6 is 11.3 Å². The van der Waals surface area contributed by atoms with E-state index in [9.17, 15) is 9.90 Å².